The third kappa shape index (κ3) is 4.14. The fraction of sp³-hybridized carbons (Fsp3) is 0.235. The number of carbonyl (C=O) groups excluding carboxylic acids is 1. The lowest BCUT2D eigenvalue weighted by atomic mass is 10.2. The summed E-state index contributed by atoms with van der Waals surface area (Å²) in [6.45, 7) is 3.36. The molecule has 6 nitrogen and oxygen atoms in total. The average molecular weight is 310 g/mol. The first-order valence-electron chi connectivity index (χ1n) is 7.49. The molecule has 0 spiro atoms. The summed E-state index contributed by atoms with van der Waals surface area (Å²) in [5.74, 6) is -0.256. The van der Waals surface area contributed by atoms with Gasteiger partial charge in [-0.1, -0.05) is 12.1 Å². The van der Waals surface area contributed by atoms with Crippen LogP contribution in [0.1, 0.15) is 15.9 Å². The highest BCUT2D eigenvalue weighted by Crippen LogP contribution is 2.15. The number of ether oxygens (including phenoxy) is 1. The van der Waals surface area contributed by atoms with Crippen LogP contribution in [-0.2, 0) is 4.74 Å². The quantitative estimate of drug-likeness (QED) is 0.689. The number of hydrogen-bond donors (Lipinski definition) is 1. The van der Waals surface area contributed by atoms with Crippen molar-refractivity contribution in [2.24, 2.45) is 5.10 Å². The molecule has 0 unspecified atom stereocenters. The second-order valence-electron chi connectivity index (χ2n) is 5.13. The van der Waals surface area contributed by atoms with Gasteiger partial charge in [-0.05, 0) is 29.8 Å². The van der Waals surface area contributed by atoms with Crippen LogP contribution in [0.15, 0.2) is 53.9 Å². The topological polar surface area (TPSA) is 66.8 Å². The van der Waals surface area contributed by atoms with Gasteiger partial charge in [-0.2, -0.15) is 5.10 Å². The van der Waals surface area contributed by atoms with Crippen LogP contribution >= 0.6 is 0 Å². The standard InChI is InChI=1S/C17H18N4O2/c22-17(15-5-7-18-8-6-15)20-19-13-14-1-3-16(4-2-14)21-9-11-23-12-10-21/h1-8,13H,9-12H2,(H,20,22)/b19-13+. The molecule has 2 aromatic rings. The van der Waals surface area contributed by atoms with Gasteiger partial charge in [-0.15, -0.1) is 0 Å². The van der Waals surface area contributed by atoms with Gasteiger partial charge in [0.25, 0.3) is 5.91 Å². The number of hydrogen-bond acceptors (Lipinski definition) is 5. The maximum atomic E-state index is 11.8. The van der Waals surface area contributed by atoms with Crippen LogP contribution in [0.2, 0.25) is 0 Å². The Labute approximate surface area is 134 Å². The summed E-state index contributed by atoms with van der Waals surface area (Å²) >= 11 is 0. The smallest absolute Gasteiger partial charge is 0.271 e. The van der Waals surface area contributed by atoms with Gasteiger partial charge in [0.1, 0.15) is 0 Å². The lowest BCUT2D eigenvalue weighted by molar-refractivity contribution is 0.0955. The lowest BCUT2D eigenvalue weighted by Crippen LogP contribution is -2.36. The minimum atomic E-state index is -0.256. The molecule has 1 amide bonds. The van der Waals surface area contributed by atoms with Crippen molar-refractivity contribution in [1.29, 1.82) is 0 Å². The van der Waals surface area contributed by atoms with Gasteiger partial charge in [-0.25, -0.2) is 5.43 Å². The van der Waals surface area contributed by atoms with Crippen molar-refractivity contribution in [1.82, 2.24) is 10.4 Å². The van der Waals surface area contributed by atoms with E-state index in [4.69, 9.17) is 4.74 Å². The molecule has 0 saturated carbocycles. The number of hydrazone groups is 1. The zero-order chi connectivity index (χ0) is 15.9. The third-order valence-electron chi connectivity index (χ3n) is 3.59. The van der Waals surface area contributed by atoms with Crippen molar-refractivity contribution >= 4 is 17.8 Å². The van der Waals surface area contributed by atoms with Gasteiger partial charge in [-0.3, -0.25) is 9.78 Å². The zero-order valence-corrected chi connectivity index (χ0v) is 12.7. The summed E-state index contributed by atoms with van der Waals surface area (Å²) in [6.07, 6.45) is 4.77. The Hall–Kier alpha value is -2.73. The molecular weight excluding hydrogens is 292 g/mol. The zero-order valence-electron chi connectivity index (χ0n) is 12.7. The van der Waals surface area contributed by atoms with Crippen molar-refractivity contribution in [3.8, 4) is 0 Å². The fourth-order valence-corrected chi connectivity index (χ4v) is 2.33. The number of amides is 1. The third-order valence-corrected chi connectivity index (χ3v) is 3.59. The monoisotopic (exact) mass is 310 g/mol. The van der Waals surface area contributed by atoms with Crippen LogP contribution < -0.4 is 10.3 Å². The van der Waals surface area contributed by atoms with Crippen LogP contribution in [0.5, 0.6) is 0 Å². The van der Waals surface area contributed by atoms with E-state index >= 15 is 0 Å². The fourth-order valence-electron chi connectivity index (χ4n) is 2.33. The van der Waals surface area contributed by atoms with E-state index in [0.29, 0.717) is 5.56 Å². The van der Waals surface area contributed by atoms with E-state index in [2.05, 4.69) is 32.5 Å². The van der Waals surface area contributed by atoms with Crippen LogP contribution in [0.25, 0.3) is 0 Å². The van der Waals surface area contributed by atoms with Gasteiger partial charge in [0.15, 0.2) is 0 Å². The van der Waals surface area contributed by atoms with E-state index in [-0.39, 0.29) is 5.91 Å². The van der Waals surface area contributed by atoms with E-state index in [9.17, 15) is 4.79 Å². The van der Waals surface area contributed by atoms with Crippen LogP contribution in [-0.4, -0.2) is 43.4 Å². The average Bonchev–Trinajstić information content (AvgIpc) is 2.64. The first-order valence-corrected chi connectivity index (χ1v) is 7.49. The molecule has 23 heavy (non-hydrogen) atoms. The van der Waals surface area contributed by atoms with Gasteiger partial charge in [0, 0.05) is 36.7 Å². The maximum absolute atomic E-state index is 11.8. The van der Waals surface area contributed by atoms with Gasteiger partial charge in [0.2, 0.25) is 0 Å². The van der Waals surface area contributed by atoms with E-state index in [1.807, 2.05) is 12.1 Å². The Kier molecular flexibility index (Phi) is 4.95. The molecule has 1 N–H and O–H groups in total. The van der Waals surface area contributed by atoms with Crippen LogP contribution in [0.3, 0.4) is 0 Å². The Morgan fingerprint density at radius 1 is 1.13 bits per heavy atom. The molecule has 1 aromatic carbocycles. The number of aromatic nitrogens is 1. The molecule has 1 aliphatic rings. The SMILES string of the molecule is O=C(N/N=C/c1ccc(N2CCOCC2)cc1)c1ccncc1. The number of nitrogens with one attached hydrogen (secondary N) is 1. The maximum Gasteiger partial charge on any atom is 0.271 e. The summed E-state index contributed by atoms with van der Waals surface area (Å²) in [5.41, 5.74) is 5.13. The molecule has 0 radical (unpaired) electrons. The predicted molar refractivity (Wildman–Crippen MR) is 88.8 cm³/mol. The molecule has 0 bridgehead atoms. The second-order valence-corrected chi connectivity index (χ2v) is 5.13. The number of benzene rings is 1. The Balaban J connectivity index is 1.56. The van der Waals surface area contributed by atoms with Crippen molar-refractivity contribution in [2.75, 3.05) is 31.2 Å². The summed E-state index contributed by atoms with van der Waals surface area (Å²) in [4.78, 5) is 18.0. The largest absolute Gasteiger partial charge is 0.378 e. The molecule has 3 rings (SSSR count). The summed E-state index contributed by atoms with van der Waals surface area (Å²) < 4.78 is 5.35. The summed E-state index contributed by atoms with van der Waals surface area (Å²) in [5, 5.41) is 3.98. The summed E-state index contributed by atoms with van der Waals surface area (Å²) in [7, 11) is 0. The molecule has 0 aliphatic carbocycles. The highest BCUT2D eigenvalue weighted by atomic mass is 16.5. The Morgan fingerprint density at radius 3 is 2.52 bits per heavy atom. The number of nitrogens with zero attached hydrogens (tertiary/aromatic N) is 3. The lowest BCUT2D eigenvalue weighted by Gasteiger charge is -2.28. The van der Waals surface area contributed by atoms with Crippen LogP contribution in [0, 0.1) is 0 Å². The van der Waals surface area contributed by atoms with Crippen molar-refractivity contribution in [3.05, 3.63) is 59.9 Å². The Morgan fingerprint density at radius 2 is 1.83 bits per heavy atom. The van der Waals surface area contributed by atoms with E-state index in [0.717, 1.165) is 31.9 Å². The van der Waals surface area contributed by atoms with E-state index in [1.54, 1.807) is 30.7 Å². The van der Waals surface area contributed by atoms with Crippen LogP contribution in [0.4, 0.5) is 5.69 Å². The highest BCUT2D eigenvalue weighted by molar-refractivity contribution is 5.94. The molecule has 6 heteroatoms. The normalized spacial score (nSPS) is 14.9. The Bertz CT molecular complexity index is 665. The molecule has 2 heterocycles. The summed E-state index contributed by atoms with van der Waals surface area (Å²) in [6, 6.07) is 11.3. The molecule has 0 atom stereocenters. The number of pyridine rings is 1. The first-order chi connectivity index (χ1) is 11.3. The van der Waals surface area contributed by atoms with Gasteiger partial charge >= 0.3 is 0 Å². The number of anilines is 1. The van der Waals surface area contributed by atoms with Crippen molar-refractivity contribution < 1.29 is 9.53 Å². The number of morpholine rings is 1. The highest BCUT2D eigenvalue weighted by Gasteiger charge is 2.10. The molecule has 118 valence electrons. The van der Waals surface area contributed by atoms with Crippen molar-refractivity contribution in [2.45, 2.75) is 0 Å². The van der Waals surface area contributed by atoms with E-state index in [1.165, 1.54) is 5.69 Å². The first kappa shape index (κ1) is 15.2. The molecule has 1 fully saturated rings. The second kappa shape index (κ2) is 7.51. The number of rotatable bonds is 4. The number of carbonyl (C=O) groups is 1. The molecule has 1 aliphatic heterocycles. The van der Waals surface area contributed by atoms with Gasteiger partial charge < -0.3 is 9.64 Å². The minimum absolute atomic E-state index is 0.256. The van der Waals surface area contributed by atoms with Crippen molar-refractivity contribution in [3.63, 3.8) is 0 Å². The molecule has 1 saturated heterocycles. The molecular formula is C17H18N4O2. The van der Waals surface area contributed by atoms with Gasteiger partial charge in [0.05, 0.1) is 19.4 Å². The predicted octanol–water partition coefficient (Wildman–Crippen LogP) is 1.68. The van der Waals surface area contributed by atoms with E-state index < -0.39 is 0 Å². The molecule has 1 aromatic heterocycles. The minimum Gasteiger partial charge on any atom is -0.378 e.